The maximum atomic E-state index is 10.7. The molecule has 1 rings (SSSR count). The molecular weight excluding hydrogens is 206 g/mol. The Balaban J connectivity index is 3.06. The van der Waals surface area contributed by atoms with Crippen molar-refractivity contribution in [2.75, 3.05) is 11.4 Å². The molecule has 1 heterocycles. The molecule has 0 atom stereocenters. The Bertz CT molecular complexity index is 423. The van der Waals surface area contributed by atoms with Crippen LogP contribution in [0, 0.1) is 12.3 Å². The van der Waals surface area contributed by atoms with Crippen molar-refractivity contribution in [1.82, 2.24) is 9.97 Å². The third-order valence-corrected chi connectivity index (χ3v) is 2.02. The smallest absolute Gasteiger partial charge is 0.356 e. The van der Waals surface area contributed by atoms with Crippen LogP contribution in [-0.2, 0) is 0 Å². The fourth-order valence-corrected chi connectivity index (χ4v) is 1.22. The normalized spacial score (nSPS) is 9.88. The molecule has 84 valence electrons. The van der Waals surface area contributed by atoms with Crippen LogP contribution in [0.2, 0.25) is 0 Å². The molecule has 0 aliphatic carbocycles. The van der Waals surface area contributed by atoms with Crippen LogP contribution in [0.25, 0.3) is 0 Å². The summed E-state index contributed by atoms with van der Waals surface area (Å²) < 4.78 is 0. The molecule has 5 nitrogen and oxygen atoms in total. The predicted molar refractivity (Wildman–Crippen MR) is 60.3 cm³/mol. The number of terminal acetylenes is 1. The molecule has 0 radical (unpaired) electrons. The van der Waals surface area contributed by atoms with Gasteiger partial charge in [0.15, 0.2) is 5.69 Å². The molecular formula is C11H13N3O2. The van der Waals surface area contributed by atoms with E-state index in [9.17, 15) is 4.79 Å². The zero-order chi connectivity index (χ0) is 12.1. The minimum Gasteiger partial charge on any atom is -0.476 e. The average molecular weight is 219 g/mol. The van der Waals surface area contributed by atoms with Gasteiger partial charge in [-0.2, -0.15) is 0 Å². The minimum atomic E-state index is -1.10. The van der Waals surface area contributed by atoms with Crippen molar-refractivity contribution in [3.8, 4) is 12.3 Å². The highest BCUT2D eigenvalue weighted by Crippen LogP contribution is 2.12. The lowest BCUT2D eigenvalue weighted by atomic mass is 10.3. The summed E-state index contributed by atoms with van der Waals surface area (Å²) in [7, 11) is 0. The summed E-state index contributed by atoms with van der Waals surface area (Å²) in [4.78, 5) is 20.4. The monoisotopic (exact) mass is 219 g/mol. The van der Waals surface area contributed by atoms with Crippen LogP contribution in [-0.4, -0.2) is 33.6 Å². The SMILES string of the molecule is C#CCN(c1cncc(C(=O)O)n1)C(C)C. The zero-order valence-electron chi connectivity index (χ0n) is 9.21. The van der Waals surface area contributed by atoms with E-state index < -0.39 is 5.97 Å². The highest BCUT2D eigenvalue weighted by atomic mass is 16.4. The second-order valence-electron chi connectivity index (χ2n) is 3.49. The van der Waals surface area contributed by atoms with Crippen molar-refractivity contribution in [2.24, 2.45) is 0 Å². The van der Waals surface area contributed by atoms with Gasteiger partial charge in [-0.25, -0.2) is 9.78 Å². The quantitative estimate of drug-likeness (QED) is 0.766. The highest BCUT2D eigenvalue weighted by Gasteiger charge is 2.13. The molecule has 0 amide bonds. The van der Waals surface area contributed by atoms with Gasteiger partial charge in [-0.1, -0.05) is 5.92 Å². The van der Waals surface area contributed by atoms with Gasteiger partial charge in [-0.3, -0.25) is 4.98 Å². The maximum Gasteiger partial charge on any atom is 0.356 e. The molecule has 0 aromatic carbocycles. The van der Waals surface area contributed by atoms with Gasteiger partial charge in [0.25, 0.3) is 0 Å². The zero-order valence-corrected chi connectivity index (χ0v) is 9.21. The summed E-state index contributed by atoms with van der Waals surface area (Å²) in [6, 6.07) is 0.134. The molecule has 0 fully saturated rings. The molecule has 0 saturated heterocycles. The molecule has 0 bridgehead atoms. The summed E-state index contributed by atoms with van der Waals surface area (Å²) in [5.41, 5.74) is -0.0832. The van der Waals surface area contributed by atoms with Crippen LogP contribution in [0.1, 0.15) is 24.3 Å². The lowest BCUT2D eigenvalue weighted by molar-refractivity contribution is 0.0690. The molecule has 5 heteroatoms. The lowest BCUT2D eigenvalue weighted by Crippen LogP contribution is -2.32. The van der Waals surface area contributed by atoms with E-state index >= 15 is 0 Å². The number of aromatic nitrogens is 2. The van der Waals surface area contributed by atoms with Gasteiger partial charge in [0.05, 0.1) is 18.9 Å². The molecule has 16 heavy (non-hydrogen) atoms. The lowest BCUT2D eigenvalue weighted by Gasteiger charge is -2.25. The Kier molecular flexibility index (Phi) is 3.84. The van der Waals surface area contributed by atoms with Crippen LogP contribution in [0.4, 0.5) is 5.82 Å². The van der Waals surface area contributed by atoms with Crippen molar-refractivity contribution in [3.63, 3.8) is 0 Å². The number of rotatable bonds is 4. The van der Waals surface area contributed by atoms with Crippen molar-refractivity contribution >= 4 is 11.8 Å². The molecule has 0 spiro atoms. The summed E-state index contributed by atoms with van der Waals surface area (Å²) in [6.07, 6.45) is 7.96. The van der Waals surface area contributed by atoms with Crippen LogP contribution in [0.15, 0.2) is 12.4 Å². The standard InChI is InChI=1S/C11H13N3O2/c1-4-5-14(8(2)3)10-7-12-6-9(13-10)11(15)16/h1,6-8H,5H2,2-3H3,(H,15,16). The average Bonchev–Trinajstić information content (AvgIpc) is 2.25. The topological polar surface area (TPSA) is 66.3 Å². The summed E-state index contributed by atoms with van der Waals surface area (Å²) in [5.74, 6) is 1.89. The molecule has 1 aromatic heterocycles. The molecule has 0 saturated carbocycles. The summed E-state index contributed by atoms with van der Waals surface area (Å²) in [6.45, 7) is 4.27. The number of carbonyl (C=O) groups is 1. The van der Waals surface area contributed by atoms with E-state index in [0.717, 1.165) is 0 Å². The largest absolute Gasteiger partial charge is 0.476 e. The van der Waals surface area contributed by atoms with Gasteiger partial charge in [0, 0.05) is 6.04 Å². The molecule has 1 N–H and O–H groups in total. The maximum absolute atomic E-state index is 10.7. The number of carboxylic acid groups (broad SMARTS) is 1. The van der Waals surface area contributed by atoms with E-state index in [1.54, 1.807) is 4.90 Å². The van der Waals surface area contributed by atoms with E-state index in [1.165, 1.54) is 12.4 Å². The Morgan fingerprint density at radius 2 is 2.31 bits per heavy atom. The van der Waals surface area contributed by atoms with Gasteiger partial charge in [-0.05, 0) is 13.8 Å². The fraction of sp³-hybridized carbons (Fsp3) is 0.364. The van der Waals surface area contributed by atoms with Gasteiger partial charge in [-0.15, -0.1) is 6.42 Å². The fourth-order valence-electron chi connectivity index (χ4n) is 1.22. The van der Waals surface area contributed by atoms with Gasteiger partial charge < -0.3 is 10.0 Å². The van der Waals surface area contributed by atoms with Crippen LogP contribution >= 0.6 is 0 Å². The van der Waals surface area contributed by atoms with Gasteiger partial charge >= 0.3 is 5.97 Å². The molecule has 0 aliphatic rings. The molecule has 1 aromatic rings. The van der Waals surface area contributed by atoms with E-state index in [-0.39, 0.29) is 11.7 Å². The second kappa shape index (κ2) is 5.12. The number of carboxylic acids is 1. The second-order valence-corrected chi connectivity index (χ2v) is 3.49. The number of anilines is 1. The van der Waals surface area contributed by atoms with E-state index in [1.807, 2.05) is 13.8 Å². The Morgan fingerprint density at radius 1 is 1.62 bits per heavy atom. The Labute approximate surface area is 94.1 Å². The van der Waals surface area contributed by atoms with Crippen LogP contribution in [0.3, 0.4) is 0 Å². The Hall–Kier alpha value is -2.09. The molecule has 0 aliphatic heterocycles. The van der Waals surface area contributed by atoms with Crippen LogP contribution < -0.4 is 4.90 Å². The highest BCUT2D eigenvalue weighted by molar-refractivity contribution is 5.85. The van der Waals surface area contributed by atoms with Crippen molar-refractivity contribution in [3.05, 3.63) is 18.1 Å². The van der Waals surface area contributed by atoms with Gasteiger partial charge in [0.2, 0.25) is 0 Å². The minimum absolute atomic E-state index is 0.0832. The van der Waals surface area contributed by atoms with Crippen molar-refractivity contribution in [1.29, 1.82) is 0 Å². The first-order valence-electron chi connectivity index (χ1n) is 4.81. The predicted octanol–water partition coefficient (Wildman–Crippen LogP) is 1.02. The molecule has 0 unspecified atom stereocenters. The van der Waals surface area contributed by atoms with E-state index in [2.05, 4.69) is 15.9 Å². The van der Waals surface area contributed by atoms with Crippen molar-refractivity contribution < 1.29 is 9.90 Å². The van der Waals surface area contributed by atoms with Crippen LogP contribution in [0.5, 0.6) is 0 Å². The first kappa shape index (κ1) is 12.0. The van der Waals surface area contributed by atoms with E-state index in [4.69, 9.17) is 11.5 Å². The number of hydrogen-bond acceptors (Lipinski definition) is 4. The summed E-state index contributed by atoms with van der Waals surface area (Å²) >= 11 is 0. The number of nitrogens with zero attached hydrogens (tertiary/aromatic N) is 3. The first-order valence-corrected chi connectivity index (χ1v) is 4.81. The van der Waals surface area contributed by atoms with Crippen molar-refractivity contribution in [2.45, 2.75) is 19.9 Å². The van der Waals surface area contributed by atoms with E-state index in [0.29, 0.717) is 12.4 Å². The summed E-state index contributed by atoms with van der Waals surface area (Å²) in [5, 5.41) is 8.80. The number of aromatic carboxylic acids is 1. The first-order chi connectivity index (χ1) is 7.56. The third kappa shape index (κ3) is 2.70. The third-order valence-electron chi connectivity index (χ3n) is 2.02. The van der Waals surface area contributed by atoms with Gasteiger partial charge in [0.1, 0.15) is 5.82 Å². The number of hydrogen-bond donors (Lipinski definition) is 1. The Morgan fingerprint density at radius 3 is 2.81 bits per heavy atom.